The Morgan fingerprint density at radius 2 is 1.85 bits per heavy atom. The van der Waals surface area contributed by atoms with Crippen LogP contribution in [0.1, 0.15) is 25.7 Å². The van der Waals surface area contributed by atoms with E-state index in [-0.39, 0.29) is 5.92 Å². The third-order valence-electron chi connectivity index (χ3n) is 3.38. The van der Waals surface area contributed by atoms with Crippen molar-refractivity contribution in [1.82, 2.24) is 9.97 Å². The standard InChI is InChI=1S/C13H18N2O4S/c1-18-9-7-10(19-2)15-13(14-9)20-11(12(16)17)8-5-3-4-6-8/h7-8,11H,3-6H2,1-2H3,(H,16,17). The van der Waals surface area contributed by atoms with E-state index in [0.717, 1.165) is 25.7 Å². The second-order valence-corrected chi connectivity index (χ2v) is 5.77. The van der Waals surface area contributed by atoms with Crippen LogP contribution in [0.15, 0.2) is 11.2 Å². The average Bonchev–Trinajstić information content (AvgIpc) is 2.97. The Morgan fingerprint density at radius 1 is 1.30 bits per heavy atom. The zero-order valence-electron chi connectivity index (χ0n) is 11.5. The lowest BCUT2D eigenvalue weighted by molar-refractivity contribution is -0.137. The molecule has 1 fully saturated rings. The van der Waals surface area contributed by atoms with E-state index in [4.69, 9.17) is 9.47 Å². The summed E-state index contributed by atoms with van der Waals surface area (Å²) in [5, 5.41) is 9.27. The molecule has 1 N–H and O–H groups in total. The van der Waals surface area contributed by atoms with Crippen molar-refractivity contribution in [2.24, 2.45) is 5.92 Å². The normalized spacial score (nSPS) is 16.9. The fourth-order valence-corrected chi connectivity index (χ4v) is 3.45. The van der Waals surface area contributed by atoms with Gasteiger partial charge >= 0.3 is 5.97 Å². The summed E-state index contributed by atoms with van der Waals surface area (Å²) >= 11 is 1.17. The SMILES string of the molecule is COc1cc(OC)nc(SC(C(=O)O)C2CCCC2)n1. The predicted octanol–water partition coefficient (Wildman–Crippen LogP) is 2.23. The van der Waals surface area contributed by atoms with Crippen LogP contribution in [-0.2, 0) is 4.79 Å². The molecule has 1 aromatic rings. The molecule has 1 saturated carbocycles. The number of methoxy groups -OCH3 is 2. The van der Waals surface area contributed by atoms with Crippen molar-refractivity contribution in [2.75, 3.05) is 14.2 Å². The Hall–Kier alpha value is -1.50. The summed E-state index contributed by atoms with van der Waals surface area (Å²) in [6.07, 6.45) is 4.09. The van der Waals surface area contributed by atoms with Crippen LogP contribution >= 0.6 is 11.8 Å². The topological polar surface area (TPSA) is 81.5 Å². The maximum absolute atomic E-state index is 11.5. The van der Waals surface area contributed by atoms with Gasteiger partial charge in [-0.15, -0.1) is 0 Å². The average molecular weight is 298 g/mol. The van der Waals surface area contributed by atoms with E-state index in [0.29, 0.717) is 16.9 Å². The highest BCUT2D eigenvalue weighted by Crippen LogP contribution is 2.37. The first-order chi connectivity index (χ1) is 9.63. The van der Waals surface area contributed by atoms with Crippen molar-refractivity contribution in [3.63, 3.8) is 0 Å². The van der Waals surface area contributed by atoms with Crippen molar-refractivity contribution in [1.29, 1.82) is 0 Å². The fraction of sp³-hybridized carbons (Fsp3) is 0.615. The summed E-state index contributed by atoms with van der Waals surface area (Å²) < 4.78 is 10.1. The molecule has 6 nitrogen and oxygen atoms in total. The van der Waals surface area contributed by atoms with Crippen LogP contribution in [-0.4, -0.2) is 40.5 Å². The van der Waals surface area contributed by atoms with Crippen LogP contribution in [0.5, 0.6) is 11.8 Å². The smallest absolute Gasteiger partial charge is 0.317 e. The van der Waals surface area contributed by atoms with Gasteiger partial charge in [0.1, 0.15) is 5.25 Å². The highest BCUT2D eigenvalue weighted by molar-refractivity contribution is 8.00. The molecule has 0 aromatic carbocycles. The molecule has 1 aliphatic carbocycles. The summed E-state index contributed by atoms with van der Waals surface area (Å²) in [7, 11) is 3.00. The number of hydrogen-bond donors (Lipinski definition) is 1. The van der Waals surface area contributed by atoms with E-state index < -0.39 is 11.2 Å². The van der Waals surface area contributed by atoms with Crippen LogP contribution < -0.4 is 9.47 Å². The molecule has 0 saturated heterocycles. The highest BCUT2D eigenvalue weighted by atomic mass is 32.2. The van der Waals surface area contributed by atoms with Gasteiger partial charge in [0.2, 0.25) is 11.8 Å². The number of aromatic nitrogens is 2. The number of thioether (sulfide) groups is 1. The lowest BCUT2D eigenvalue weighted by atomic mass is 10.0. The minimum absolute atomic E-state index is 0.179. The first kappa shape index (κ1) is 14.9. The molecule has 2 rings (SSSR count). The minimum Gasteiger partial charge on any atom is -0.481 e. The first-order valence-electron chi connectivity index (χ1n) is 6.50. The quantitative estimate of drug-likeness (QED) is 0.637. The number of carboxylic acids is 1. The molecule has 0 spiro atoms. The molecular weight excluding hydrogens is 280 g/mol. The van der Waals surface area contributed by atoms with Gasteiger partial charge in [0.15, 0.2) is 5.16 Å². The molecule has 1 unspecified atom stereocenters. The van der Waals surface area contributed by atoms with Crippen LogP contribution in [0.25, 0.3) is 0 Å². The van der Waals surface area contributed by atoms with E-state index in [9.17, 15) is 9.90 Å². The van der Waals surface area contributed by atoms with Gasteiger partial charge in [0.05, 0.1) is 20.3 Å². The number of rotatable bonds is 6. The summed E-state index contributed by atoms with van der Waals surface area (Å²) in [4.78, 5) is 19.8. The first-order valence-corrected chi connectivity index (χ1v) is 7.38. The van der Waals surface area contributed by atoms with E-state index in [1.165, 1.54) is 26.0 Å². The number of hydrogen-bond acceptors (Lipinski definition) is 6. The number of carboxylic acid groups (broad SMARTS) is 1. The van der Waals surface area contributed by atoms with Gasteiger partial charge in [0, 0.05) is 0 Å². The summed E-state index contributed by atoms with van der Waals surface area (Å²) in [6, 6.07) is 1.56. The van der Waals surface area contributed by atoms with E-state index in [1.54, 1.807) is 6.07 Å². The Labute approximate surface area is 121 Å². The molecule has 0 amide bonds. The molecular formula is C13H18N2O4S. The summed E-state index contributed by atoms with van der Waals surface area (Å²) in [5.41, 5.74) is 0. The molecule has 1 aromatic heterocycles. The summed E-state index contributed by atoms with van der Waals surface area (Å²) in [5.74, 6) is 0.107. The molecule has 1 heterocycles. The largest absolute Gasteiger partial charge is 0.481 e. The second kappa shape index (κ2) is 6.78. The van der Waals surface area contributed by atoms with Crippen molar-refractivity contribution in [3.05, 3.63) is 6.07 Å². The molecule has 1 atom stereocenters. The van der Waals surface area contributed by atoms with E-state index in [1.807, 2.05) is 0 Å². The van der Waals surface area contributed by atoms with Gasteiger partial charge in [-0.05, 0) is 18.8 Å². The van der Waals surface area contributed by atoms with Gasteiger partial charge in [-0.25, -0.2) is 0 Å². The molecule has 110 valence electrons. The predicted molar refractivity (Wildman–Crippen MR) is 74.4 cm³/mol. The molecule has 0 radical (unpaired) electrons. The zero-order valence-corrected chi connectivity index (χ0v) is 12.4. The minimum atomic E-state index is -0.813. The van der Waals surface area contributed by atoms with Crippen LogP contribution in [0.2, 0.25) is 0 Å². The molecule has 0 bridgehead atoms. The Morgan fingerprint density at radius 3 is 2.30 bits per heavy atom. The summed E-state index contributed by atoms with van der Waals surface area (Å²) in [6.45, 7) is 0. The van der Waals surface area contributed by atoms with Crippen LogP contribution in [0, 0.1) is 5.92 Å². The van der Waals surface area contributed by atoms with Crippen LogP contribution in [0.3, 0.4) is 0 Å². The van der Waals surface area contributed by atoms with Gasteiger partial charge in [0.25, 0.3) is 0 Å². The van der Waals surface area contributed by atoms with Gasteiger partial charge in [-0.3, -0.25) is 4.79 Å². The highest BCUT2D eigenvalue weighted by Gasteiger charge is 2.32. The molecule has 7 heteroatoms. The van der Waals surface area contributed by atoms with Crippen molar-refractivity contribution in [3.8, 4) is 11.8 Å². The monoisotopic (exact) mass is 298 g/mol. The Bertz CT molecular complexity index is 455. The molecule has 1 aliphatic rings. The van der Waals surface area contributed by atoms with Crippen LogP contribution in [0.4, 0.5) is 0 Å². The molecule has 0 aliphatic heterocycles. The lowest BCUT2D eigenvalue weighted by Crippen LogP contribution is -2.25. The van der Waals surface area contributed by atoms with Crippen molar-refractivity contribution < 1.29 is 19.4 Å². The zero-order chi connectivity index (χ0) is 14.5. The van der Waals surface area contributed by atoms with E-state index >= 15 is 0 Å². The lowest BCUT2D eigenvalue weighted by Gasteiger charge is -2.17. The van der Waals surface area contributed by atoms with E-state index in [2.05, 4.69) is 9.97 Å². The third-order valence-corrected chi connectivity index (χ3v) is 4.61. The number of carbonyl (C=O) groups is 1. The maximum Gasteiger partial charge on any atom is 0.317 e. The maximum atomic E-state index is 11.5. The van der Waals surface area contributed by atoms with Crippen molar-refractivity contribution >= 4 is 17.7 Å². The molecule has 20 heavy (non-hydrogen) atoms. The Balaban J connectivity index is 2.19. The Kier molecular flexibility index (Phi) is 5.05. The number of aliphatic carboxylic acids is 1. The second-order valence-electron chi connectivity index (χ2n) is 4.66. The number of nitrogens with zero attached hydrogens (tertiary/aromatic N) is 2. The fourth-order valence-electron chi connectivity index (χ4n) is 2.37. The van der Waals surface area contributed by atoms with Crippen molar-refractivity contribution in [2.45, 2.75) is 36.1 Å². The van der Waals surface area contributed by atoms with Gasteiger partial charge in [-0.1, -0.05) is 24.6 Å². The van der Waals surface area contributed by atoms with Gasteiger partial charge < -0.3 is 14.6 Å². The van der Waals surface area contributed by atoms with Gasteiger partial charge in [-0.2, -0.15) is 9.97 Å². The third kappa shape index (κ3) is 3.53. The number of ether oxygens (including phenoxy) is 2.